The first-order valence-electron chi connectivity index (χ1n) is 8.49. The van der Waals surface area contributed by atoms with Gasteiger partial charge in [0.2, 0.25) is 0 Å². The van der Waals surface area contributed by atoms with Crippen molar-refractivity contribution in [2.75, 3.05) is 11.9 Å². The fourth-order valence-electron chi connectivity index (χ4n) is 3.07. The summed E-state index contributed by atoms with van der Waals surface area (Å²) in [5, 5.41) is 3.59. The van der Waals surface area contributed by atoms with E-state index in [1.807, 2.05) is 0 Å². The summed E-state index contributed by atoms with van der Waals surface area (Å²) in [5.74, 6) is 0. The molecule has 0 saturated carbocycles. The maximum atomic E-state index is 3.59. The molecule has 0 atom stereocenters. The van der Waals surface area contributed by atoms with E-state index >= 15 is 0 Å². The first-order valence-corrected chi connectivity index (χ1v) is 8.49. The minimum atomic E-state index is 0.891. The molecule has 0 fully saturated rings. The molecular weight excluding hydrogens is 290 g/mol. The van der Waals surface area contributed by atoms with E-state index in [2.05, 4.69) is 104 Å². The van der Waals surface area contributed by atoms with Crippen molar-refractivity contribution < 1.29 is 0 Å². The fraction of sp³-hybridized carbons (Fsp3) is 0.130. The summed E-state index contributed by atoms with van der Waals surface area (Å²) < 4.78 is 0. The van der Waals surface area contributed by atoms with Crippen molar-refractivity contribution >= 4 is 11.8 Å². The molecule has 0 aromatic heterocycles. The van der Waals surface area contributed by atoms with Gasteiger partial charge in [0.1, 0.15) is 0 Å². The standard InChI is InChI=1S/C23H23N/c1-3-11-20-16-17-21(18-12-7-5-8-13-18)22(23(20)24-4-2)19-14-9-6-10-15-19/h3,5-17,24H,4H2,1-2H3/b11-3+. The predicted octanol–water partition coefficient (Wildman–Crippen LogP) is 6.49. The largest absolute Gasteiger partial charge is 0.384 e. The van der Waals surface area contributed by atoms with E-state index in [0.29, 0.717) is 0 Å². The van der Waals surface area contributed by atoms with E-state index in [-0.39, 0.29) is 0 Å². The molecule has 3 aromatic rings. The zero-order valence-electron chi connectivity index (χ0n) is 14.3. The quantitative estimate of drug-likeness (QED) is 0.568. The molecule has 0 aliphatic rings. The molecule has 1 nitrogen and oxygen atoms in total. The summed E-state index contributed by atoms with van der Waals surface area (Å²) in [5.41, 5.74) is 7.41. The van der Waals surface area contributed by atoms with Gasteiger partial charge < -0.3 is 5.32 Å². The van der Waals surface area contributed by atoms with E-state index in [1.165, 1.54) is 33.5 Å². The Balaban J connectivity index is 2.32. The van der Waals surface area contributed by atoms with Gasteiger partial charge in [-0.15, -0.1) is 0 Å². The number of nitrogens with one attached hydrogen (secondary N) is 1. The molecule has 0 unspecified atom stereocenters. The first-order chi connectivity index (χ1) is 11.8. The summed E-state index contributed by atoms with van der Waals surface area (Å²) in [6, 6.07) is 25.7. The van der Waals surface area contributed by atoms with Crippen LogP contribution in [-0.2, 0) is 0 Å². The highest BCUT2D eigenvalue weighted by Gasteiger charge is 2.14. The number of hydrogen-bond acceptors (Lipinski definition) is 1. The molecule has 0 bridgehead atoms. The second kappa shape index (κ2) is 7.65. The Labute approximate surface area is 144 Å². The Bertz CT molecular complexity index is 817. The Kier molecular flexibility index (Phi) is 5.12. The Morgan fingerprint density at radius 2 is 1.42 bits per heavy atom. The van der Waals surface area contributed by atoms with Crippen molar-refractivity contribution in [3.05, 3.63) is 84.4 Å². The van der Waals surface area contributed by atoms with Crippen LogP contribution in [0.15, 0.2) is 78.9 Å². The van der Waals surface area contributed by atoms with Crippen LogP contribution in [0.25, 0.3) is 28.3 Å². The lowest BCUT2D eigenvalue weighted by Gasteiger charge is -2.19. The molecule has 0 radical (unpaired) electrons. The predicted molar refractivity (Wildman–Crippen MR) is 106 cm³/mol. The van der Waals surface area contributed by atoms with Crippen LogP contribution in [0, 0.1) is 0 Å². The molecule has 0 spiro atoms. The highest BCUT2D eigenvalue weighted by atomic mass is 14.9. The van der Waals surface area contributed by atoms with E-state index in [4.69, 9.17) is 0 Å². The van der Waals surface area contributed by atoms with Gasteiger partial charge in [-0.2, -0.15) is 0 Å². The van der Waals surface area contributed by atoms with Gasteiger partial charge in [0.25, 0.3) is 0 Å². The van der Waals surface area contributed by atoms with Crippen molar-refractivity contribution in [3.63, 3.8) is 0 Å². The molecule has 0 aliphatic carbocycles. The first kappa shape index (κ1) is 16.1. The van der Waals surface area contributed by atoms with Crippen molar-refractivity contribution in [1.82, 2.24) is 0 Å². The number of anilines is 1. The van der Waals surface area contributed by atoms with Gasteiger partial charge in [-0.1, -0.05) is 84.9 Å². The summed E-state index contributed by atoms with van der Waals surface area (Å²) in [6.45, 7) is 5.09. The van der Waals surface area contributed by atoms with Crippen molar-refractivity contribution in [3.8, 4) is 22.3 Å². The minimum Gasteiger partial charge on any atom is -0.384 e. The molecule has 24 heavy (non-hydrogen) atoms. The molecule has 1 heteroatoms. The molecule has 1 N–H and O–H groups in total. The molecule has 3 aromatic carbocycles. The van der Waals surface area contributed by atoms with Crippen LogP contribution in [0.5, 0.6) is 0 Å². The van der Waals surface area contributed by atoms with Gasteiger partial charge in [-0.05, 0) is 36.1 Å². The van der Waals surface area contributed by atoms with E-state index in [9.17, 15) is 0 Å². The second-order valence-electron chi connectivity index (χ2n) is 5.71. The molecule has 3 rings (SSSR count). The molecule has 0 amide bonds. The number of benzene rings is 3. The average molecular weight is 313 g/mol. The zero-order chi connectivity index (χ0) is 16.8. The Morgan fingerprint density at radius 1 is 0.792 bits per heavy atom. The van der Waals surface area contributed by atoms with Gasteiger partial charge in [0.05, 0.1) is 0 Å². The number of allylic oxidation sites excluding steroid dienone is 1. The van der Waals surface area contributed by atoms with Gasteiger partial charge in [-0.3, -0.25) is 0 Å². The third kappa shape index (κ3) is 3.26. The Hall–Kier alpha value is -2.80. The SMILES string of the molecule is C/C=C/c1ccc(-c2ccccc2)c(-c2ccccc2)c1NCC. The lowest BCUT2D eigenvalue weighted by Crippen LogP contribution is -2.02. The highest BCUT2D eigenvalue weighted by molar-refractivity contribution is 5.95. The fourth-order valence-corrected chi connectivity index (χ4v) is 3.07. The minimum absolute atomic E-state index is 0.891. The van der Waals surface area contributed by atoms with E-state index in [0.717, 1.165) is 6.54 Å². The normalized spacial score (nSPS) is 10.9. The zero-order valence-corrected chi connectivity index (χ0v) is 14.3. The lowest BCUT2D eigenvalue weighted by molar-refractivity contribution is 1.21. The summed E-state index contributed by atoms with van der Waals surface area (Å²) in [7, 11) is 0. The van der Waals surface area contributed by atoms with Gasteiger partial charge >= 0.3 is 0 Å². The van der Waals surface area contributed by atoms with Crippen LogP contribution in [0.3, 0.4) is 0 Å². The van der Waals surface area contributed by atoms with E-state index in [1.54, 1.807) is 0 Å². The third-order valence-electron chi connectivity index (χ3n) is 4.08. The van der Waals surface area contributed by atoms with Crippen LogP contribution < -0.4 is 5.32 Å². The molecule has 0 aliphatic heterocycles. The van der Waals surface area contributed by atoms with Crippen LogP contribution in [0.1, 0.15) is 19.4 Å². The van der Waals surface area contributed by atoms with Crippen LogP contribution in [0.4, 0.5) is 5.69 Å². The number of hydrogen-bond donors (Lipinski definition) is 1. The van der Waals surface area contributed by atoms with Crippen LogP contribution >= 0.6 is 0 Å². The summed E-state index contributed by atoms with van der Waals surface area (Å²) in [4.78, 5) is 0. The lowest BCUT2D eigenvalue weighted by atomic mass is 9.90. The van der Waals surface area contributed by atoms with Gasteiger partial charge in [0, 0.05) is 17.8 Å². The highest BCUT2D eigenvalue weighted by Crippen LogP contribution is 2.40. The smallest absolute Gasteiger partial charge is 0.0499 e. The summed E-state index contributed by atoms with van der Waals surface area (Å²) >= 11 is 0. The number of rotatable bonds is 5. The van der Waals surface area contributed by atoms with Crippen LogP contribution in [-0.4, -0.2) is 6.54 Å². The third-order valence-corrected chi connectivity index (χ3v) is 4.08. The summed E-state index contributed by atoms with van der Waals surface area (Å²) in [6.07, 6.45) is 4.26. The van der Waals surface area contributed by atoms with E-state index < -0.39 is 0 Å². The second-order valence-corrected chi connectivity index (χ2v) is 5.71. The molecule has 0 saturated heterocycles. The monoisotopic (exact) mass is 313 g/mol. The average Bonchev–Trinajstić information content (AvgIpc) is 2.64. The maximum Gasteiger partial charge on any atom is 0.0499 e. The Morgan fingerprint density at radius 3 is 2.00 bits per heavy atom. The van der Waals surface area contributed by atoms with Crippen molar-refractivity contribution in [2.24, 2.45) is 0 Å². The van der Waals surface area contributed by atoms with Gasteiger partial charge in [0.15, 0.2) is 0 Å². The topological polar surface area (TPSA) is 12.0 Å². The van der Waals surface area contributed by atoms with Crippen molar-refractivity contribution in [2.45, 2.75) is 13.8 Å². The van der Waals surface area contributed by atoms with Gasteiger partial charge in [-0.25, -0.2) is 0 Å². The van der Waals surface area contributed by atoms with Crippen LogP contribution in [0.2, 0.25) is 0 Å². The molecule has 120 valence electrons. The molecule has 0 heterocycles. The molecular formula is C23H23N. The maximum absolute atomic E-state index is 3.59. The van der Waals surface area contributed by atoms with Crippen molar-refractivity contribution in [1.29, 1.82) is 0 Å².